The van der Waals surface area contributed by atoms with Crippen LogP contribution in [-0.4, -0.2) is 74.9 Å². The zero-order valence-corrected chi connectivity index (χ0v) is 19.2. The summed E-state index contributed by atoms with van der Waals surface area (Å²) in [5.41, 5.74) is 3.63. The van der Waals surface area contributed by atoms with E-state index in [1.165, 1.54) is 11.8 Å². The number of aryl methyl sites for hydroxylation is 2. The summed E-state index contributed by atoms with van der Waals surface area (Å²) in [6.45, 7) is 8.33. The second kappa shape index (κ2) is 9.19. The van der Waals surface area contributed by atoms with Crippen LogP contribution in [0.1, 0.15) is 22.5 Å². The minimum absolute atomic E-state index is 0.0458. The Kier molecular flexibility index (Phi) is 6.38. The van der Waals surface area contributed by atoms with Crippen LogP contribution in [0.3, 0.4) is 0 Å². The summed E-state index contributed by atoms with van der Waals surface area (Å²) in [4.78, 5) is 30.7. The molecule has 10 heteroatoms. The number of piperazine rings is 1. The van der Waals surface area contributed by atoms with Crippen LogP contribution >= 0.6 is 11.8 Å². The van der Waals surface area contributed by atoms with E-state index in [0.717, 1.165) is 54.5 Å². The standard InChI is InChI=1S/C21H28N8OS/c1-14-17(15(2)29-20(24-14)25-21(26-29)31-4)12-19(30)23-13-16-5-6-22-18(11-16)28-9-7-27(3)8-10-28/h5-6,11H,7-10,12-13H2,1-4H3,(H,23,30). The highest BCUT2D eigenvalue weighted by atomic mass is 32.2. The van der Waals surface area contributed by atoms with E-state index < -0.39 is 0 Å². The fourth-order valence-electron chi connectivity index (χ4n) is 3.74. The molecule has 3 aromatic rings. The number of anilines is 1. The van der Waals surface area contributed by atoms with E-state index in [4.69, 9.17) is 0 Å². The molecule has 164 valence electrons. The first kappa shape index (κ1) is 21.5. The Hall–Kier alpha value is -2.72. The topological polar surface area (TPSA) is 91.5 Å². The number of rotatable bonds is 6. The number of nitrogens with one attached hydrogen (secondary N) is 1. The van der Waals surface area contributed by atoms with Gasteiger partial charge in [-0.2, -0.15) is 4.98 Å². The van der Waals surface area contributed by atoms with Crippen molar-refractivity contribution in [3.05, 3.63) is 40.8 Å². The van der Waals surface area contributed by atoms with Crippen molar-refractivity contribution in [3.8, 4) is 0 Å². The van der Waals surface area contributed by atoms with E-state index in [-0.39, 0.29) is 12.3 Å². The third-order valence-corrected chi connectivity index (χ3v) is 6.21. The van der Waals surface area contributed by atoms with Gasteiger partial charge in [-0.15, -0.1) is 5.10 Å². The average Bonchev–Trinajstić information content (AvgIpc) is 3.19. The summed E-state index contributed by atoms with van der Waals surface area (Å²) in [7, 11) is 2.14. The highest BCUT2D eigenvalue weighted by Gasteiger charge is 2.17. The van der Waals surface area contributed by atoms with Crippen molar-refractivity contribution in [3.63, 3.8) is 0 Å². The molecule has 9 nitrogen and oxygen atoms in total. The SMILES string of the molecule is CSc1nc2nc(C)c(CC(=O)NCc3ccnc(N4CCN(C)CC4)c3)c(C)n2n1. The van der Waals surface area contributed by atoms with E-state index in [1.807, 2.05) is 32.4 Å². The van der Waals surface area contributed by atoms with Crippen molar-refractivity contribution in [2.75, 3.05) is 44.4 Å². The van der Waals surface area contributed by atoms with Crippen LogP contribution in [-0.2, 0) is 17.8 Å². The fourth-order valence-corrected chi connectivity index (χ4v) is 4.07. The van der Waals surface area contributed by atoms with Gasteiger partial charge in [-0.1, -0.05) is 11.8 Å². The van der Waals surface area contributed by atoms with E-state index in [1.54, 1.807) is 4.52 Å². The number of fused-ring (bicyclic) bond motifs is 1. The molecule has 1 aliphatic heterocycles. The van der Waals surface area contributed by atoms with Crippen LogP contribution in [0.5, 0.6) is 0 Å². The van der Waals surface area contributed by atoms with Gasteiger partial charge in [-0.25, -0.2) is 14.5 Å². The molecule has 1 N–H and O–H groups in total. The number of thioether (sulfide) groups is 1. The van der Waals surface area contributed by atoms with Crippen molar-refractivity contribution in [2.45, 2.75) is 32.0 Å². The predicted octanol–water partition coefficient (Wildman–Crippen LogP) is 1.47. The van der Waals surface area contributed by atoms with Crippen LogP contribution in [0.2, 0.25) is 0 Å². The summed E-state index contributed by atoms with van der Waals surface area (Å²) in [5, 5.41) is 8.16. The first-order valence-electron chi connectivity index (χ1n) is 10.4. The van der Waals surface area contributed by atoms with Gasteiger partial charge in [0.05, 0.1) is 6.42 Å². The van der Waals surface area contributed by atoms with Gasteiger partial charge in [0.2, 0.25) is 11.1 Å². The molecular weight excluding hydrogens is 412 g/mol. The summed E-state index contributed by atoms with van der Waals surface area (Å²) in [5.74, 6) is 1.49. The minimum Gasteiger partial charge on any atom is -0.354 e. The Morgan fingerprint density at radius 2 is 1.97 bits per heavy atom. The van der Waals surface area contributed by atoms with Gasteiger partial charge in [0.1, 0.15) is 5.82 Å². The quantitative estimate of drug-likeness (QED) is 0.576. The highest BCUT2D eigenvalue weighted by molar-refractivity contribution is 7.98. The number of amides is 1. The molecule has 1 fully saturated rings. The minimum atomic E-state index is -0.0458. The van der Waals surface area contributed by atoms with Gasteiger partial charge in [0, 0.05) is 55.9 Å². The molecule has 4 heterocycles. The number of carbonyl (C=O) groups excluding carboxylic acids is 1. The lowest BCUT2D eigenvalue weighted by Gasteiger charge is -2.33. The predicted molar refractivity (Wildman–Crippen MR) is 122 cm³/mol. The largest absolute Gasteiger partial charge is 0.354 e. The molecule has 1 saturated heterocycles. The maximum absolute atomic E-state index is 12.7. The van der Waals surface area contributed by atoms with Gasteiger partial charge < -0.3 is 15.1 Å². The lowest BCUT2D eigenvalue weighted by molar-refractivity contribution is -0.120. The zero-order chi connectivity index (χ0) is 22.0. The van der Waals surface area contributed by atoms with Gasteiger partial charge in [0.25, 0.3) is 5.78 Å². The molecule has 31 heavy (non-hydrogen) atoms. The number of aromatic nitrogens is 5. The van der Waals surface area contributed by atoms with Crippen molar-refractivity contribution in [1.82, 2.24) is 34.8 Å². The summed E-state index contributed by atoms with van der Waals surface area (Å²) < 4.78 is 1.71. The Bertz CT molecular complexity index is 1090. The third-order valence-electron chi connectivity index (χ3n) is 5.68. The maximum atomic E-state index is 12.7. The van der Waals surface area contributed by atoms with Crippen molar-refractivity contribution in [1.29, 1.82) is 0 Å². The average molecular weight is 441 g/mol. The second-order valence-corrected chi connectivity index (χ2v) is 8.61. The highest BCUT2D eigenvalue weighted by Crippen LogP contribution is 2.18. The molecule has 0 aromatic carbocycles. The molecule has 1 amide bonds. The summed E-state index contributed by atoms with van der Waals surface area (Å²) >= 11 is 1.47. The molecule has 3 aromatic heterocycles. The summed E-state index contributed by atoms with van der Waals surface area (Å²) in [6.07, 6.45) is 4.00. The Labute approximate surface area is 186 Å². The fraction of sp³-hybridized carbons (Fsp3) is 0.476. The molecule has 0 spiro atoms. The number of likely N-dealkylation sites (N-methyl/N-ethyl adjacent to an activating group) is 1. The smallest absolute Gasteiger partial charge is 0.253 e. The van der Waals surface area contributed by atoms with Crippen molar-refractivity contribution < 1.29 is 4.79 Å². The van der Waals surface area contributed by atoms with Gasteiger partial charge in [-0.3, -0.25) is 4.79 Å². The van der Waals surface area contributed by atoms with Crippen molar-refractivity contribution >= 4 is 29.3 Å². The molecule has 0 saturated carbocycles. The zero-order valence-electron chi connectivity index (χ0n) is 18.4. The van der Waals surface area contributed by atoms with E-state index >= 15 is 0 Å². The molecule has 0 unspecified atom stereocenters. The molecule has 0 aliphatic carbocycles. The van der Waals surface area contributed by atoms with Crippen LogP contribution in [0, 0.1) is 13.8 Å². The van der Waals surface area contributed by atoms with Crippen LogP contribution in [0.15, 0.2) is 23.5 Å². The third kappa shape index (κ3) is 4.80. The van der Waals surface area contributed by atoms with Crippen LogP contribution < -0.4 is 10.2 Å². The maximum Gasteiger partial charge on any atom is 0.253 e. The van der Waals surface area contributed by atoms with Crippen LogP contribution in [0.25, 0.3) is 5.78 Å². The van der Waals surface area contributed by atoms with Gasteiger partial charge >= 0.3 is 0 Å². The van der Waals surface area contributed by atoms with E-state index in [9.17, 15) is 4.79 Å². The van der Waals surface area contributed by atoms with Crippen molar-refractivity contribution in [2.24, 2.45) is 0 Å². The molecule has 0 bridgehead atoms. The number of pyridine rings is 1. The number of carbonyl (C=O) groups is 1. The normalized spacial score (nSPS) is 14.9. The molecule has 4 rings (SSSR count). The van der Waals surface area contributed by atoms with Gasteiger partial charge in [-0.05, 0) is 44.8 Å². The number of hydrogen-bond donors (Lipinski definition) is 1. The van der Waals surface area contributed by atoms with Crippen LogP contribution in [0.4, 0.5) is 5.82 Å². The number of hydrogen-bond acceptors (Lipinski definition) is 8. The number of nitrogens with zero attached hydrogens (tertiary/aromatic N) is 7. The monoisotopic (exact) mass is 440 g/mol. The second-order valence-electron chi connectivity index (χ2n) is 7.84. The molecule has 0 radical (unpaired) electrons. The first-order chi connectivity index (χ1) is 14.9. The summed E-state index contributed by atoms with van der Waals surface area (Å²) in [6, 6.07) is 4.01. The molecule has 1 aliphatic rings. The van der Waals surface area contributed by atoms with E-state index in [0.29, 0.717) is 17.5 Å². The molecular formula is C21H28N8OS. The van der Waals surface area contributed by atoms with E-state index in [2.05, 4.69) is 48.3 Å². The first-order valence-corrected chi connectivity index (χ1v) is 11.6. The van der Waals surface area contributed by atoms with Gasteiger partial charge in [0.15, 0.2) is 0 Å². The Morgan fingerprint density at radius 3 is 2.71 bits per heavy atom. The lowest BCUT2D eigenvalue weighted by atomic mass is 10.1. The lowest BCUT2D eigenvalue weighted by Crippen LogP contribution is -2.44. The Morgan fingerprint density at radius 1 is 1.19 bits per heavy atom. The molecule has 0 atom stereocenters. The Balaban J connectivity index is 1.41.